The number of pyridine rings is 1. The van der Waals surface area contributed by atoms with Crippen molar-refractivity contribution in [3.63, 3.8) is 0 Å². The fourth-order valence-corrected chi connectivity index (χ4v) is 3.62. The molecular weight excluding hydrogens is 408 g/mol. The third kappa shape index (κ3) is 2.83. The van der Waals surface area contributed by atoms with Gasteiger partial charge in [0.1, 0.15) is 16.9 Å². The van der Waals surface area contributed by atoms with Gasteiger partial charge in [0.15, 0.2) is 17.3 Å². The molecular formula is C21H15F2N5O3. The number of halogens is 2. The van der Waals surface area contributed by atoms with E-state index in [1.807, 2.05) is 0 Å². The van der Waals surface area contributed by atoms with E-state index < -0.39 is 11.6 Å². The average Bonchev–Trinajstić information content (AvgIpc) is 3.33. The number of hydrogen-bond donors (Lipinski definition) is 2. The molecule has 3 aromatic heterocycles. The molecule has 3 heterocycles. The van der Waals surface area contributed by atoms with Crippen LogP contribution < -0.4 is 16.0 Å². The Morgan fingerprint density at radius 3 is 2.61 bits per heavy atom. The number of ether oxygens (including phenoxy) is 1. The molecule has 0 aliphatic carbocycles. The summed E-state index contributed by atoms with van der Waals surface area (Å²) in [5.74, 6) is -1.69. The van der Waals surface area contributed by atoms with Crippen molar-refractivity contribution in [3.8, 4) is 22.6 Å². The van der Waals surface area contributed by atoms with E-state index in [-0.39, 0.29) is 22.7 Å². The molecule has 0 aliphatic rings. The van der Waals surface area contributed by atoms with Crippen LogP contribution in [-0.2, 0) is 14.1 Å². The van der Waals surface area contributed by atoms with Crippen molar-refractivity contribution in [2.75, 3.05) is 0 Å². The molecule has 0 saturated carbocycles. The van der Waals surface area contributed by atoms with Crippen LogP contribution in [0.4, 0.5) is 8.78 Å². The van der Waals surface area contributed by atoms with Crippen LogP contribution in [0.2, 0.25) is 0 Å². The first-order valence-electron chi connectivity index (χ1n) is 9.23. The number of nitrogens with one attached hydrogen (secondary N) is 2. The second kappa shape index (κ2) is 6.66. The van der Waals surface area contributed by atoms with E-state index in [9.17, 15) is 18.4 Å². The highest BCUT2D eigenvalue weighted by atomic mass is 19.1. The average molecular weight is 423 g/mol. The number of nitrogens with zero attached hydrogens (tertiary/aromatic N) is 3. The van der Waals surface area contributed by atoms with Gasteiger partial charge >= 0.3 is 5.69 Å². The first-order valence-corrected chi connectivity index (χ1v) is 9.23. The fourth-order valence-electron chi connectivity index (χ4n) is 3.62. The number of aromatic nitrogens is 5. The normalized spacial score (nSPS) is 11.5. The first-order chi connectivity index (χ1) is 14.8. The van der Waals surface area contributed by atoms with Gasteiger partial charge in [-0.15, -0.1) is 0 Å². The zero-order valence-electron chi connectivity index (χ0n) is 16.4. The van der Waals surface area contributed by atoms with Gasteiger partial charge in [0.25, 0.3) is 5.56 Å². The Hall–Kier alpha value is -4.21. The molecule has 0 aliphatic heterocycles. The third-order valence-electron chi connectivity index (χ3n) is 5.22. The van der Waals surface area contributed by atoms with Crippen molar-refractivity contribution < 1.29 is 13.5 Å². The molecule has 10 heteroatoms. The van der Waals surface area contributed by atoms with E-state index in [0.717, 1.165) is 6.07 Å². The highest BCUT2D eigenvalue weighted by Gasteiger charge is 2.21. The van der Waals surface area contributed by atoms with Crippen LogP contribution in [0.15, 0.2) is 52.3 Å². The first kappa shape index (κ1) is 18.8. The second-order valence-corrected chi connectivity index (χ2v) is 7.12. The van der Waals surface area contributed by atoms with Gasteiger partial charge in [-0.1, -0.05) is 0 Å². The number of aromatic amines is 2. The number of H-pyrrole nitrogens is 2. The topological polar surface area (TPSA) is 97.7 Å². The summed E-state index contributed by atoms with van der Waals surface area (Å²) in [5, 5.41) is 7.18. The van der Waals surface area contributed by atoms with E-state index in [4.69, 9.17) is 4.74 Å². The lowest BCUT2D eigenvalue weighted by atomic mass is 10.0. The van der Waals surface area contributed by atoms with Gasteiger partial charge in [-0.2, -0.15) is 5.10 Å². The largest absolute Gasteiger partial charge is 0.451 e. The summed E-state index contributed by atoms with van der Waals surface area (Å²) >= 11 is 0. The highest BCUT2D eigenvalue weighted by molar-refractivity contribution is 5.99. The minimum Gasteiger partial charge on any atom is -0.451 e. The quantitative estimate of drug-likeness (QED) is 0.466. The molecule has 31 heavy (non-hydrogen) atoms. The Bertz CT molecular complexity index is 1610. The number of hydrogen-bond acceptors (Lipinski definition) is 4. The van der Waals surface area contributed by atoms with E-state index in [0.29, 0.717) is 39.1 Å². The highest BCUT2D eigenvalue weighted by Crippen LogP contribution is 2.40. The lowest BCUT2D eigenvalue weighted by Gasteiger charge is -2.15. The van der Waals surface area contributed by atoms with Crippen molar-refractivity contribution in [2.45, 2.75) is 0 Å². The maximum Gasteiger partial charge on any atom is 0.326 e. The molecule has 0 amide bonds. The lowest BCUT2D eigenvalue weighted by Crippen LogP contribution is -2.16. The summed E-state index contributed by atoms with van der Waals surface area (Å²) in [7, 11) is 3.18. The van der Waals surface area contributed by atoms with Gasteiger partial charge in [0.2, 0.25) is 0 Å². The predicted octanol–water partition coefficient (Wildman–Crippen LogP) is 3.18. The maximum absolute atomic E-state index is 14.4. The number of aryl methyl sites for hydroxylation is 2. The summed E-state index contributed by atoms with van der Waals surface area (Å²) < 4.78 is 36.4. The van der Waals surface area contributed by atoms with E-state index >= 15 is 0 Å². The summed E-state index contributed by atoms with van der Waals surface area (Å²) in [6, 6.07) is 6.38. The number of benzene rings is 2. The Morgan fingerprint density at radius 1 is 1.03 bits per heavy atom. The van der Waals surface area contributed by atoms with Gasteiger partial charge < -0.3 is 14.3 Å². The third-order valence-corrected chi connectivity index (χ3v) is 5.22. The standard InChI is InChI=1S/C21H15F2N5O3/c1-27-9-13(12-8-24-26-17(12)20(27)29)11-4-5-15-18(25-21(30)28(15)2)19(11)31-16-6-3-10(22)7-14(16)23/h3-9H,1-2H3,(H,24,26)(H,25,30). The van der Waals surface area contributed by atoms with Crippen LogP contribution in [0, 0.1) is 11.6 Å². The van der Waals surface area contributed by atoms with Gasteiger partial charge in [-0.3, -0.25) is 14.5 Å². The zero-order valence-corrected chi connectivity index (χ0v) is 16.4. The van der Waals surface area contributed by atoms with Crippen molar-refractivity contribution >= 4 is 21.9 Å². The molecule has 2 N–H and O–H groups in total. The van der Waals surface area contributed by atoms with E-state index in [1.54, 1.807) is 32.4 Å². The molecule has 0 unspecified atom stereocenters. The zero-order chi connectivity index (χ0) is 21.9. The number of imidazole rings is 1. The Morgan fingerprint density at radius 2 is 1.84 bits per heavy atom. The summed E-state index contributed by atoms with van der Waals surface area (Å²) in [4.78, 5) is 27.4. The summed E-state index contributed by atoms with van der Waals surface area (Å²) in [5.41, 5.74) is 1.57. The van der Waals surface area contributed by atoms with Gasteiger partial charge in [0.05, 0.1) is 11.7 Å². The minimum atomic E-state index is -0.893. The van der Waals surface area contributed by atoms with E-state index in [2.05, 4.69) is 15.2 Å². The summed E-state index contributed by atoms with van der Waals surface area (Å²) in [6.45, 7) is 0. The summed E-state index contributed by atoms with van der Waals surface area (Å²) in [6.07, 6.45) is 3.11. The van der Waals surface area contributed by atoms with Crippen LogP contribution in [-0.4, -0.2) is 24.3 Å². The molecule has 0 radical (unpaired) electrons. The fraction of sp³-hybridized carbons (Fsp3) is 0.0952. The molecule has 0 spiro atoms. The number of rotatable bonds is 3. The van der Waals surface area contributed by atoms with Crippen molar-refractivity contribution in [1.29, 1.82) is 0 Å². The lowest BCUT2D eigenvalue weighted by molar-refractivity contribution is 0.442. The molecule has 156 valence electrons. The number of fused-ring (bicyclic) bond motifs is 2. The molecule has 5 rings (SSSR count). The molecule has 2 aromatic carbocycles. The van der Waals surface area contributed by atoms with Crippen LogP contribution >= 0.6 is 0 Å². The smallest absolute Gasteiger partial charge is 0.326 e. The molecule has 8 nitrogen and oxygen atoms in total. The van der Waals surface area contributed by atoms with Crippen LogP contribution in [0.25, 0.3) is 33.1 Å². The molecule has 0 saturated heterocycles. The van der Waals surface area contributed by atoms with Crippen LogP contribution in [0.5, 0.6) is 11.5 Å². The molecule has 0 fully saturated rings. The van der Waals surface area contributed by atoms with Crippen molar-refractivity contribution in [1.82, 2.24) is 24.3 Å². The maximum atomic E-state index is 14.4. The Labute approximate surface area is 172 Å². The molecule has 0 bridgehead atoms. The van der Waals surface area contributed by atoms with Crippen LogP contribution in [0.3, 0.4) is 0 Å². The molecule has 0 atom stereocenters. The Kier molecular flexibility index (Phi) is 4.04. The SMILES string of the molecule is Cn1cc(-c2ccc3c([nH]c(=O)n3C)c2Oc2ccc(F)cc2F)c2cn[nH]c2c1=O. The Balaban J connectivity index is 1.85. The predicted molar refractivity (Wildman–Crippen MR) is 110 cm³/mol. The minimum absolute atomic E-state index is 0.154. The van der Waals surface area contributed by atoms with Gasteiger partial charge in [0, 0.05) is 42.9 Å². The van der Waals surface area contributed by atoms with Crippen molar-refractivity contribution in [2.24, 2.45) is 14.1 Å². The second-order valence-electron chi connectivity index (χ2n) is 7.12. The van der Waals surface area contributed by atoms with Crippen molar-refractivity contribution in [3.05, 3.63) is 75.2 Å². The van der Waals surface area contributed by atoms with Gasteiger partial charge in [-0.05, 0) is 24.3 Å². The molecule has 5 aromatic rings. The van der Waals surface area contributed by atoms with Crippen LogP contribution in [0.1, 0.15) is 0 Å². The monoisotopic (exact) mass is 423 g/mol. The van der Waals surface area contributed by atoms with E-state index in [1.165, 1.54) is 21.4 Å². The van der Waals surface area contributed by atoms with Gasteiger partial charge in [-0.25, -0.2) is 13.6 Å².